The van der Waals surface area contributed by atoms with Crippen molar-refractivity contribution < 1.29 is 9.53 Å². The number of anilines is 1. The van der Waals surface area contributed by atoms with Crippen LogP contribution in [0.4, 0.5) is 5.69 Å². The van der Waals surface area contributed by atoms with Gasteiger partial charge in [-0.05, 0) is 55.6 Å². The lowest BCUT2D eigenvalue weighted by atomic mass is 9.83. The number of amides is 1. The molecule has 0 aliphatic carbocycles. The van der Waals surface area contributed by atoms with E-state index < -0.39 is 0 Å². The van der Waals surface area contributed by atoms with E-state index in [1.54, 1.807) is 11.3 Å². The van der Waals surface area contributed by atoms with Gasteiger partial charge in [0.05, 0.1) is 17.1 Å². The molecule has 3 aliphatic rings. The number of fused-ring (bicyclic) bond motifs is 3. The van der Waals surface area contributed by atoms with Crippen LogP contribution in [0.25, 0.3) is 0 Å². The minimum absolute atomic E-state index is 0.0518. The molecular formula is C22H27N3O2S. The van der Waals surface area contributed by atoms with Crippen molar-refractivity contribution in [1.82, 2.24) is 10.6 Å². The first-order chi connectivity index (χ1) is 13.8. The van der Waals surface area contributed by atoms with Crippen LogP contribution < -0.4 is 15.5 Å². The Hall–Kier alpha value is -1.89. The summed E-state index contributed by atoms with van der Waals surface area (Å²) in [5.74, 6) is 0.0518. The SMILES string of the molecule is O=C(NCCN1CCc2ccccc21)c1cc2c(s1)CCOC21CCNCC1. The van der Waals surface area contributed by atoms with Crippen LogP contribution in [0.2, 0.25) is 0 Å². The number of carbonyl (C=O) groups is 1. The Morgan fingerprint density at radius 1 is 1.25 bits per heavy atom. The summed E-state index contributed by atoms with van der Waals surface area (Å²) in [6, 6.07) is 10.7. The topological polar surface area (TPSA) is 53.6 Å². The highest BCUT2D eigenvalue weighted by Gasteiger charge is 2.40. The summed E-state index contributed by atoms with van der Waals surface area (Å²) < 4.78 is 6.24. The Morgan fingerprint density at radius 2 is 2.11 bits per heavy atom. The van der Waals surface area contributed by atoms with Crippen molar-refractivity contribution in [3.8, 4) is 0 Å². The maximum atomic E-state index is 12.8. The molecule has 0 saturated carbocycles. The molecule has 1 aromatic heterocycles. The van der Waals surface area contributed by atoms with Crippen LogP contribution in [-0.4, -0.2) is 45.2 Å². The Bertz CT molecular complexity index is 872. The van der Waals surface area contributed by atoms with Gasteiger partial charge < -0.3 is 20.3 Å². The fourth-order valence-corrected chi connectivity index (χ4v) is 5.95. The smallest absolute Gasteiger partial charge is 0.261 e. The predicted molar refractivity (Wildman–Crippen MR) is 112 cm³/mol. The molecule has 148 valence electrons. The van der Waals surface area contributed by atoms with Gasteiger partial charge in [-0.3, -0.25) is 4.79 Å². The lowest BCUT2D eigenvalue weighted by Crippen LogP contribution is -2.44. The van der Waals surface area contributed by atoms with E-state index in [1.165, 1.54) is 21.7 Å². The Labute approximate surface area is 170 Å². The molecule has 3 aliphatic heterocycles. The van der Waals surface area contributed by atoms with E-state index in [0.717, 1.165) is 63.3 Å². The van der Waals surface area contributed by atoms with E-state index in [1.807, 2.05) is 0 Å². The van der Waals surface area contributed by atoms with Crippen LogP contribution in [0.1, 0.15) is 38.5 Å². The standard InChI is InChI=1S/C22H27N3O2S/c26-21(24-11-13-25-12-5-16-3-1-2-4-18(16)25)20-15-17-19(28-20)6-14-27-22(17)7-9-23-10-8-22/h1-4,15,23H,5-14H2,(H,24,26). The van der Waals surface area contributed by atoms with Gasteiger partial charge in [0.1, 0.15) is 0 Å². The van der Waals surface area contributed by atoms with Crippen molar-refractivity contribution in [3.05, 3.63) is 51.2 Å². The van der Waals surface area contributed by atoms with Crippen molar-refractivity contribution in [1.29, 1.82) is 0 Å². The molecule has 1 saturated heterocycles. The number of rotatable bonds is 4. The molecule has 28 heavy (non-hydrogen) atoms. The molecule has 1 fully saturated rings. The van der Waals surface area contributed by atoms with Gasteiger partial charge in [0.25, 0.3) is 5.91 Å². The Kier molecular flexibility index (Phi) is 4.87. The predicted octanol–water partition coefficient (Wildman–Crippen LogP) is 2.69. The monoisotopic (exact) mass is 397 g/mol. The summed E-state index contributed by atoms with van der Waals surface area (Å²) in [4.78, 5) is 17.3. The Morgan fingerprint density at radius 3 is 3.00 bits per heavy atom. The largest absolute Gasteiger partial charge is 0.370 e. The normalized spacial score (nSPS) is 20.1. The first kappa shape index (κ1) is 18.2. The molecular weight excluding hydrogens is 370 g/mol. The highest BCUT2D eigenvalue weighted by atomic mass is 32.1. The zero-order chi connectivity index (χ0) is 19.0. The summed E-state index contributed by atoms with van der Waals surface area (Å²) in [7, 11) is 0. The molecule has 5 nitrogen and oxygen atoms in total. The van der Waals surface area contributed by atoms with Gasteiger partial charge in [0, 0.05) is 36.6 Å². The van der Waals surface area contributed by atoms with E-state index in [4.69, 9.17) is 4.74 Å². The number of piperidine rings is 1. The molecule has 2 N–H and O–H groups in total. The lowest BCUT2D eigenvalue weighted by molar-refractivity contribution is -0.0792. The third-order valence-electron chi connectivity index (χ3n) is 6.29. The van der Waals surface area contributed by atoms with E-state index in [-0.39, 0.29) is 11.5 Å². The molecule has 0 unspecified atom stereocenters. The van der Waals surface area contributed by atoms with Gasteiger partial charge in [-0.25, -0.2) is 0 Å². The van der Waals surface area contributed by atoms with Crippen LogP contribution in [0, 0.1) is 0 Å². The number of carbonyl (C=O) groups excluding carboxylic acids is 1. The highest BCUT2D eigenvalue weighted by Crippen LogP contribution is 2.43. The van der Waals surface area contributed by atoms with E-state index in [2.05, 4.69) is 45.9 Å². The average Bonchev–Trinajstić information content (AvgIpc) is 3.34. The maximum absolute atomic E-state index is 12.8. The van der Waals surface area contributed by atoms with Gasteiger partial charge in [0.15, 0.2) is 0 Å². The average molecular weight is 398 g/mol. The second-order valence-electron chi connectivity index (χ2n) is 7.91. The molecule has 0 radical (unpaired) electrons. The summed E-state index contributed by atoms with van der Waals surface area (Å²) in [5, 5.41) is 6.55. The first-order valence-electron chi connectivity index (χ1n) is 10.3. The molecule has 0 atom stereocenters. The number of ether oxygens (including phenoxy) is 1. The molecule has 6 heteroatoms. The third kappa shape index (κ3) is 3.23. The summed E-state index contributed by atoms with van der Waals surface area (Å²) >= 11 is 1.66. The molecule has 1 amide bonds. The van der Waals surface area contributed by atoms with Gasteiger partial charge in [-0.2, -0.15) is 0 Å². The number of thiophene rings is 1. The quantitative estimate of drug-likeness (QED) is 0.833. The van der Waals surface area contributed by atoms with Crippen molar-refractivity contribution in [2.75, 3.05) is 44.2 Å². The van der Waals surface area contributed by atoms with Crippen LogP contribution in [-0.2, 0) is 23.2 Å². The molecule has 5 rings (SSSR count). The van der Waals surface area contributed by atoms with Crippen LogP contribution in [0.15, 0.2) is 30.3 Å². The van der Waals surface area contributed by atoms with Gasteiger partial charge in [0.2, 0.25) is 0 Å². The molecule has 0 bridgehead atoms. The number of nitrogens with one attached hydrogen (secondary N) is 2. The third-order valence-corrected chi connectivity index (χ3v) is 7.49. The molecule has 4 heterocycles. The Balaban J connectivity index is 1.23. The van der Waals surface area contributed by atoms with Crippen molar-refractivity contribution in [2.24, 2.45) is 0 Å². The fourth-order valence-electron chi connectivity index (χ4n) is 4.80. The van der Waals surface area contributed by atoms with E-state index >= 15 is 0 Å². The van der Waals surface area contributed by atoms with Gasteiger partial charge in [-0.15, -0.1) is 11.3 Å². The number of para-hydroxylation sites is 1. The molecule has 1 spiro atoms. The molecule has 2 aromatic rings. The zero-order valence-electron chi connectivity index (χ0n) is 16.1. The fraction of sp³-hybridized carbons (Fsp3) is 0.500. The zero-order valence-corrected chi connectivity index (χ0v) is 16.9. The van der Waals surface area contributed by atoms with Crippen molar-refractivity contribution >= 4 is 22.9 Å². The number of hydrogen-bond donors (Lipinski definition) is 2. The lowest BCUT2D eigenvalue weighted by Gasteiger charge is -2.40. The highest BCUT2D eigenvalue weighted by molar-refractivity contribution is 7.14. The summed E-state index contributed by atoms with van der Waals surface area (Å²) in [5.41, 5.74) is 3.82. The summed E-state index contributed by atoms with van der Waals surface area (Å²) in [6.45, 7) is 5.29. The van der Waals surface area contributed by atoms with Crippen LogP contribution in [0.3, 0.4) is 0 Å². The van der Waals surface area contributed by atoms with Gasteiger partial charge >= 0.3 is 0 Å². The van der Waals surface area contributed by atoms with Crippen LogP contribution >= 0.6 is 11.3 Å². The second kappa shape index (κ2) is 7.50. The van der Waals surface area contributed by atoms with E-state index in [0.29, 0.717) is 6.54 Å². The minimum Gasteiger partial charge on any atom is -0.370 e. The first-order valence-corrected chi connectivity index (χ1v) is 11.2. The maximum Gasteiger partial charge on any atom is 0.261 e. The number of benzene rings is 1. The second-order valence-corrected chi connectivity index (χ2v) is 9.05. The van der Waals surface area contributed by atoms with Crippen molar-refractivity contribution in [3.63, 3.8) is 0 Å². The van der Waals surface area contributed by atoms with E-state index in [9.17, 15) is 4.79 Å². The number of nitrogens with zero attached hydrogens (tertiary/aromatic N) is 1. The summed E-state index contributed by atoms with van der Waals surface area (Å²) in [6.07, 6.45) is 4.00. The van der Waals surface area contributed by atoms with Crippen LogP contribution in [0.5, 0.6) is 0 Å². The number of hydrogen-bond acceptors (Lipinski definition) is 5. The molecule has 1 aromatic carbocycles. The van der Waals surface area contributed by atoms with Gasteiger partial charge in [-0.1, -0.05) is 18.2 Å². The minimum atomic E-state index is -0.173. The van der Waals surface area contributed by atoms with Crippen molar-refractivity contribution in [2.45, 2.75) is 31.3 Å².